The summed E-state index contributed by atoms with van der Waals surface area (Å²) in [6, 6.07) is 7.02. The van der Waals surface area contributed by atoms with Crippen LogP contribution in [0.25, 0.3) is 11.0 Å². The van der Waals surface area contributed by atoms with Gasteiger partial charge in [0.2, 0.25) is 0 Å². The number of thiophene rings is 1. The van der Waals surface area contributed by atoms with Crippen LogP contribution in [0.5, 0.6) is 0 Å². The summed E-state index contributed by atoms with van der Waals surface area (Å²) in [5.41, 5.74) is 3.43. The first-order valence-corrected chi connectivity index (χ1v) is 11.8. The summed E-state index contributed by atoms with van der Waals surface area (Å²) in [5.74, 6) is -0.243. The Morgan fingerprint density at radius 2 is 1.94 bits per heavy atom. The molecule has 31 heavy (non-hydrogen) atoms. The van der Waals surface area contributed by atoms with Crippen LogP contribution in [0, 0.1) is 5.92 Å². The Hall–Kier alpha value is -2.67. The zero-order valence-corrected chi connectivity index (χ0v) is 19.4. The molecular formula is C24H31N3O3S. The maximum Gasteiger partial charge on any atom is 0.326 e. The number of imidazole rings is 1. The first-order valence-electron chi connectivity index (χ1n) is 10.9. The molecule has 1 aromatic carbocycles. The van der Waals surface area contributed by atoms with E-state index in [1.54, 1.807) is 23.5 Å². The second-order valence-corrected chi connectivity index (χ2v) is 9.15. The maximum atomic E-state index is 12.8. The van der Waals surface area contributed by atoms with Crippen LogP contribution in [-0.4, -0.2) is 32.6 Å². The molecule has 0 fully saturated rings. The van der Waals surface area contributed by atoms with Crippen molar-refractivity contribution in [2.45, 2.75) is 65.5 Å². The normalized spacial score (nSPS) is 12.6. The Labute approximate surface area is 187 Å². The third-order valence-electron chi connectivity index (χ3n) is 5.59. The van der Waals surface area contributed by atoms with Gasteiger partial charge in [0.05, 0.1) is 11.0 Å². The van der Waals surface area contributed by atoms with Gasteiger partial charge in [-0.3, -0.25) is 4.79 Å². The van der Waals surface area contributed by atoms with Gasteiger partial charge in [-0.1, -0.05) is 27.7 Å². The molecule has 0 unspecified atom stereocenters. The minimum atomic E-state index is -1.01. The topological polar surface area (TPSA) is 84.2 Å². The fourth-order valence-electron chi connectivity index (χ4n) is 3.99. The third kappa shape index (κ3) is 5.34. The first kappa shape index (κ1) is 23.0. The van der Waals surface area contributed by atoms with Crippen molar-refractivity contribution in [3.8, 4) is 0 Å². The largest absolute Gasteiger partial charge is 0.480 e. The lowest BCUT2D eigenvalue weighted by atomic mass is 10.0. The number of hydrogen-bond acceptors (Lipinski definition) is 4. The number of carbonyl (C=O) groups excluding carboxylic acids is 1. The Morgan fingerprint density at radius 3 is 2.52 bits per heavy atom. The van der Waals surface area contributed by atoms with E-state index in [1.807, 2.05) is 19.9 Å². The Balaban J connectivity index is 1.96. The Morgan fingerprint density at radius 1 is 1.19 bits per heavy atom. The summed E-state index contributed by atoms with van der Waals surface area (Å²) in [6.45, 7) is 8.23. The number of carboxylic acids is 1. The number of hydrogen-bond donors (Lipinski definition) is 2. The minimum Gasteiger partial charge on any atom is -0.480 e. The summed E-state index contributed by atoms with van der Waals surface area (Å²) in [7, 11) is 0. The van der Waals surface area contributed by atoms with Gasteiger partial charge in [-0.2, -0.15) is 11.3 Å². The third-order valence-corrected chi connectivity index (χ3v) is 6.32. The number of nitrogens with one attached hydrogen (secondary N) is 1. The predicted octanol–water partition coefficient (Wildman–Crippen LogP) is 5.28. The highest BCUT2D eigenvalue weighted by Gasteiger charge is 2.23. The molecule has 3 rings (SSSR count). The zero-order chi connectivity index (χ0) is 22.5. The number of aliphatic carboxylic acids is 1. The van der Waals surface area contributed by atoms with Gasteiger partial charge in [-0.15, -0.1) is 0 Å². The number of amides is 1. The Kier molecular flexibility index (Phi) is 7.49. The number of rotatable bonds is 10. The molecule has 166 valence electrons. The van der Waals surface area contributed by atoms with Crippen molar-refractivity contribution in [2.75, 3.05) is 0 Å². The number of benzene rings is 1. The second kappa shape index (κ2) is 10.1. The van der Waals surface area contributed by atoms with Crippen LogP contribution in [0.3, 0.4) is 0 Å². The highest BCUT2D eigenvalue weighted by atomic mass is 32.1. The van der Waals surface area contributed by atoms with Gasteiger partial charge in [-0.25, -0.2) is 9.78 Å². The van der Waals surface area contributed by atoms with E-state index < -0.39 is 12.0 Å². The van der Waals surface area contributed by atoms with Crippen LogP contribution in [0.15, 0.2) is 35.0 Å². The molecule has 6 nitrogen and oxygen atoms in total. The molecule has 3 aromatic rings. The lowest BCUT2D eigenvalue weighted by molar-refractivity contribution is -0.139. The van der Waals surface area contributed by atoms with Crippen LogP contribution in [0.1, 0.15) is 74.7 Å². The standard InChI is InChI=1S/C24H31N3O3S/c1-5-18(6-2)27-21-8-7-17(23(28)26-20(24(29)30)11-15(3)4)13-19(21)25-22(27)12-16-9-10-31-14-16/h7-10,13-15,18,20H,5-6,11-12H2,1-4H3,(H,26,28)(H,29,30)/t20-/m0/s1. The molecule has 0 bridgehead atoms. The van der Waals surface area contributed by atoms with Gasteiger partial charge in [-0.05, 0) is 65.8 Å². The lowest BCUT2D eigenvalue weighted by Gasteiger charge is -2.19. The Bertz CT molecular complexity index is 1040. The summed E-state index contributed by atoms with van der Waals surface area (Å²) in [5, 5.41) is 16.3. The van der Waals surface area contributed by atoms with Crippen LogP contribution < -0.4 is 5.32 Å². The van der Waals surface area contributed by atoms with Crippen molar-refractivity contribution in [1.29, 1.82) is 0 Å². The average molecular weight is 442 g/mol. The van der Waals surface area contributed by atoms with E-state index in [-0.39, 0.29) is 11.8 Å². The molecular weight excluding hydrogens is 410 g/mol. The van der Waals surface area contributed by atoms with E-state index in [1.165, 1.54) is 5.56 Å². The van der Waals surface area contributed by atoms with Crippen LogP contribution in [-0.2, 0) is 11.2 Å². The number of carbonyl (C=O) groups is 2. The SMILES string of the molecule is CCC(CC)n1c(Cc2ccsc2)nc2cc(C(=O)N[C@@H](CC(C)C)C(=O)O)ccc21. The molecule has 0 spiro atoms. The van der Waals surface area contributed by atoms with Crippen LogP contribution in [0.2, 0.25) is 0 Å². The van der Waals surface area contributed by atoms with E-state index in [0.717, 1.165) is 36.1 Å². The van der Waals surface area contributed by atoms with Crippen molar-refractivity contribution in [2.24, 2.45) is 5.92 Å². The smallest absolute Gasteiger partial charge is 0.326 e. The number of nitrogens with zero attached hydrogens (tertiary/aromatic N) is 2. The minimum absolute atomic E-state index is 0.166. The number of aromatic nitrogens is 2. The molecule has 1 atom stereocenters. The molecule has 1 amide bonds. The van der Waals surface area contributed by atoms with E-state index in [9.17, 15) is 14.7 Å². The molecule has 0 aliphatic heterocycles. The van der Waals surface area contributed by atoms with E-state index >= 15 is 0 Å². The molecule has 0 aliphatic carbocycles. The highest BCUT2D eigenvalue weighted by molar-refractivity contribution is 7.07. The molecule has 7 heteroatoms. The molecule has 0 saturated heterocycles. The van der Waals surface area contributed by atoms with E-state index in [2.05, 4.69) is 40.6 Å². The van der Waals surface area contributed by atoms with Gasteiger partial charge in [0.15, 0.2) is 0 Å². The predicted molar refractivity (Wildman–Crippen MR) is 125 cm³/mol. The van der Waals surface area contributed by atoms with Gasteiger partial charge in [0.25, 0.3) is 5.91 Å². The summed E-state index contributed by atoms with van der Waals surface area (Å²) in [6.07, 6.45) is 3.12. The van der Waals surface area contributed by atoms with Crippen LogP contribution in [0.4, 0.5) is 0 Å². The summed E-state index contributed by atoms with van der Waals surface area (Å²) < 4.78 is 2.30. The van der Waals surface area contributed by atoms with Gasteiger partial charge < -0.3 is 15.0 Å². The average Bonchev–Trinajstić information content (AvgIpc) is 3.36. The van der Waals surface area contributed by atoms with E-state index in [0.29, 0.717) is 18.0 Å². The van der Waals surface area contributed by atoms with Gasteiger partial charge >= 0.3 is 5.97 Å². The molecule has 2 N–H and O–H groups in total. The lowest BCUT2D eigenvalue weighted by Crippen LogP contribution is -2.41. The van der Waals surface area contributed by atoms with Crippen molar-refractivity contribution >= 4 is 34.2 Å². The summed E-state index contributed by atoms with van der Waals surface area (Å²) in [4.78, 5) is 29.2. The maximum absolute atomic E-state index is 12.8. The quantitative estimate of drug-likeness (QED) is 0.448. The molecule has 0 aliphatic rings. The molecule has 2 aromatic heterocycles. The fraction of sp³-hybridized carbons (Fsp3) is 0.458. The van der Waals surface area contributed by atoms with Crippen molar-refractivity contribution in [3.63, 3.8) is 0 Å². The van der Waals surface area contributed by atoms with Gasteiger partial charge in [0, 0.05) is 18.0 Å². The fourth-order valence-corrected chi connectivity index (χ4v) is 4.65. The van der Waals surface area contributed by atoms with E-state index in [4.69, 9.17) is 4.98 Å². The van der Waals surface area contributed by atoms with Crippen molar-refractivity contribution in [3.05, 3.63) is 52.0 Å². The number of carboxylic acid groups (broad SMARTS) is 1. The zero-order valence-electron chi connectivity index (χ0n) is 18.6. The highest BCUT2D eigenvalue weighted by Crippen LogP contribution is 2.28. The monoisotopic (exact) mass is 441 g/mol. The molecule has 2 heterocycles. The second-order valence-electron chi connectivity index (χ2n) is 8.37. The summed E-state index contributed by atoms with van der Waals surface area (Å²) >= 11 is 1.67. The van der Waals surface area contributed by atoms with Crippen LogP contribution >= 0.6 is 11.3 Å². The van der Waals surface area contributed by atoms with Gasteiger partial charge in [0.1, 0.15) is 11.9 Å². The molecule has 0 saturated carbocycles. The molecule has 0 radical (unpaired) electrons. The number of fused-ring (bicyclic) bond motifs is 1. The van der Waals surface area contributed by atoms with Crippen molar-refractivity contribution < 1.29 is 14.7 Å². The first-order chi connectivity index (χ1) is 14.8. The van der Waals surface area contributed by atoms with Crippen molar-refractivity contribution in [1.82, 2.24) is 14.9 Å².